The van der Waals surface area contributed by atoms with Crippen molar-refractivity contribution in [3.05, 3.63) is 11.6 Å². The van der Waals surface area contributed by atoms with E-state index in [1.165, 1.54) is 6.42 Å². The summed E-state index contributed by atoms with van der Waals surface area (Å²) in [4.78, 5) is 11.4. The molecule has 0 aromatic rings. The summed E-state index contributed by atoms with van der Waals surface area (Å²) in [6.07, 6.45) is 6.24. The first-order valence-electron chi connectivity index (χ1n) is 4.80. The quantitative estimate of drug-likeness (QED) is 0.670. The fraction of sp³-hybridized carbons (Fsp3) is 0.700. The van der Waals surface area contributed by atoms with Crippen LogP contribution in [-0.4, -0.2) is 17.9 Å². The summed E-state index contributed by atoms with van der Waals surface area (Å²) in [7, 11) is 0. The molecule has 0 amide bonds. The molecule has 2 unspecified atom stereocenters. The Bertz CT molecular complexity index is 232. The molecule has 0 aromatic heterocycles. The summed E-state index contributed by atoms with van der Waals surface area (Å²) in [6.45, 7) is 1.93. The molecule has 1 fully saturated rings. The highest BCUT2D eigenvalue weighted by molar-refractivity contribution is 5.96. The molecule has 2 aliphatic heterocycles. The van der Waals surface area contributed by atoms with Gasteiger partial charge >= 0.3 is 0 Å². The van der Waals surface area contributed by atoms with Gasteiger partial charge in [-0.2, -0.15) is 0 Å². The molecular formula is C10H15NO. The molecule has 2 rings (SSSR count). The van der Waals surface area contributed by atoms with Crippen LogP contribution in [0.4, 0.5) is 0 Å². The van der Waals surface area contributed by atoms with Crippen molar-refractivity contribution in [2.75, 3.05) is 0 Å². The summed E-state index contributed by atoms with van der Waals surface area (Å²) in [6, 6.07) is 1.04. The Morgan fingerprint density at radius 2 is 2.50 bits per heavy atom. The van der Waals surface area contributed by atoms with Crippen LogP contribution in [0.25, 0.3) is 0 Å². The number of carbonyl (C=O) groups excluding carboxylic acids is 1. The van der Waals surface area contributed by atoms with E-state index >= 15 is 0 Å². The lowest BCUT2D eigenvalue weighted by atomic mass is 9.98. The van der Waals surface area contributed by atoms with E-state index in [2.05, 4.69) is 11.4 Å². The van der Waals surface area contributed by atoms with Crippen molar-refractivity contribution in [1.29, 1.82) is 0 Å². The van der Waals surface area contributed by atoms with Gasteiger partial charge in [-0.25, -0.2) is 0 Å². The summed E-state index contributed by atoms with van der Waals surface area (Å²) in [5.74, 6) is 0.327. The van der Waals surface area contributed by atoms with E-state index in [4.69, 9.17) is 0 Å². The van der Waals surface area contributed by atoms with Crippen LogP contribution in [0.1, 0.15) is 32.6 Å². The van der Waals surface area contributed by atoms with Crippen molar-refractivity contribution in [2.45, 2.75) is 44.7 Å². The van der Waals surface area contributed by atoms with Gasteiger partial charge in [-0.1, -0.05) is 13.0 Å². The van der Waals surface area contributed by atoms with Crippen LogP contribution in [0.3, 0.4) is 0 Å². The first-order chi connectivity index (χ1) is 5.81. The predicted molar refractivity (Wildman–Crippen MR) is 47.9 cm³/mol. The van der Waals surface area contributed by atoms with Gasteiger partial charge in [0.25, 0.3) is 0 Å². The number of hydrogen-bond acceptors (Lipinski definition) is 2. The fourth-order valence-corrected chi connectivity index (χ4v) is 2.17. The van der Waals surface area contributed by atoms with Crippen molar-refractivity contribution in [2.24, 2.45) is 0 Å². The molecule has 1 saturated heterocycles. The minimum atomic E-state index is 0.327. The van der Waals surface area contributed by atoms with Crippen LogP contribution in [0, 0.1) is 0 Å². The zero-order chi connectivity index (χ0) is 8.55. The lowest BCUT2D eigenvalue weighted by molar-refractivity contribution is -0.115. The molecule has 2 nitrogen and oxygen atoms in total. The maximum absolute atomic E-state index is 11.4. The van der Waals surface area contributed by atoms with Gasteiger partial charge in [0.2, 0.25) is 0 Å². The van der Waals surface area contributed by atoms with Crippen molar-refractivity contribution in [3.63, 3.8) is 0 Å². The highest BCUT2D eigenvalue weighted by Crippen LogP contribution is 2.27. The molecule has 0 spiro atoms. The minimum absolute atomic E-state index is 0.327. The van der Waals surface area contributed by atoms with E-state index in [9.17, 15) is 4.79 Å². The normalized spacial score (nSPS) is 33.2. The molecule has 2 heterocycles. The van der Waals surface area contributed by atoms with E-state index in [1.807, 2.05) is 6.92 Å². The van der Waals surface area contributed by atoms with Gasteiger partial charge in [0, 0.05) is 24.1 Å². The molecule has 12 heavy (non-hydrogen) atoms. The van der Waals surface area contributed by atoms with Gasteiger partial charge in [0.15, 0.2) is 5.78 Å². The van der Waals surface area contributed by atoms with Crippen LogP contribution < -0.4 is 5.32 Å². The number of fused-ring (bicyclic) bond motifs is 2. The first-order valence-corrected chi connectivity index (χ1v) is 4.80. The van der Waals surface area contributed by atoms with E-state index in [-0.39, 0.29) is 0 Å². The molecule has 2 aliphatic rings. The molecule has 2 atom stereocenters. The lowest BCUT2D eigenvalue weighted by Gasteiger charge is -2.21. The number of ketones is 1. The molecule has 0 aromatic carbocycles. The number of nitrogens with one attached hydrogen (secondary N) is 1. The minimum Gasteiger partial charge on any atom is -0.307 e. The standard InChI is InChI=1S/C10H15NO/c1-2-10(12)8-5-3-7-4-6-9(8)11-7/h5,7,9,11H,2-4,6H2,1H3. The number of rotatable bonds is 2. The number of carbonyl (C=O) groups is 1. The maximum Gasteiger partial charge on any atom is 0.159 e. The third-order valence-electron chi connectivity index (χ3n) is 2.88. The van der Waals surface area contributed by atoms with Gasteiger partial charge < -0.3 is 5.32 Å². The summed E-state index contributed by atoms with van der Waals surface area (Å²) >= 11 is 0. The summed E-state index contributed by atoms with van der Waals surface area (Å²) in [5, 5.41) is 3.47. The monoisotopic (exact) mass is 165 g/mol. The predicted octanol–water partition coefficient (Wildman–Crippen LogP) is 1.42. The Hall–Kier alpha value is -0.630. The average Bonchev–Trinajstić information content (AvgIpc) is 2.47. The molecule has 0 radical (unpaired) electrons. The van der Waals surface area contributed by atoms with Gasteiger partial charge in [-0.15, -0.1) is 0 Å². The van der Waals surface area contributed by atoms with Crippen molar-refractivity contribution < 1.29 is 4.79 Å². The Morgan fingerprint density at radius 1 is 1.67 bits per heavy atom. The van der Waals surface area contributed by atoms with E-state index < -0.39 is 0 Å². The first kappa shape index (κ1) is 7.99. The summed E-state index contributed by atoms with van der Waals surface area (Å²) in [5.41, 5.74) is 1.05. The molecule has 2 bridgehead atoms. The SMILES string of the molecule is CCC(=O)C1=CCC2CCC1N2. The lowest BCUT2D eigenvalue weighted by Crippen LogP contribution is -2.36. The van der Waals surface area contributed by atoms with Crippen LogP contribution in [-0.2, 0) is 4.79 Å². The molecule has 0 aliphatic carbocycles. The van der Waals surface area contributed by atoms with Crippen LogP contribution >= 0.6 is 0 Å². The Balaban J connectivity index is 2.15. The molecule has 0 saturated carbocycles. The summed E-state index contributed by atoms with van der Waals surface area (Å²) < 4.78 is 0. The highest BCUT2D eigenvalue weighted by Gasteiger charge is 2.31. The van der Waals surface area contributed by atoms with Gasteiger partial charge in [0.05, 0.1) is 0 Å². The smallest absolute Gasteiger partial charge is 0.159 e. The van der Waals surface area contributed by atoms with Crippen molar-refractivity contribution in [3.8, 4) is 0 Å². The Morgan fingerprint density at radius 3 is 3.25 bits per heavy atom. The Labute approximate surface area is 73.0 Å². The third-order valence-corrected chi connectivity index (χ3v) is 2.88. The van der Waals surface area contributed by atoms with Crippen LogP contribution in [0.2, 0.25) is 0 Å². The molecule has 1 N–H and O–H groups in total. The second-order valence-corrected chi connectivity index (χ2v) is 3.67. The zero-order valence-corrected chi connectivity index (χ0v) is 7.47. The van der Waals surface area contributed by atoms with E-state index in [0.717, 1.165) is 18.4 Å². The van der Waals surface area contributed by atoms with E-state index in [0.29, 0.717) is 24.3 Å². The fourth-order valence-electron chi connectivity index (χ4n) is 2.17. The molecular weight excluding hydrogens is 150 g/mol. The average molecular weight is 165 g/mol. The Kier molecular flexibility index (Phi) is 2.01. The topological polar surface area (TPSA) is 29.1 Å². The highest BCUT2D eigenvalue weighted by atomic mass is 16.1. The van der Waals surface area contributed by atoms with Gasteiger partial charge in [0.1, 0.15) is 0 Å². The van der Waals surface area contributed by atoms with Crippen molar-refractivity contribution >= 4 is 5.78 Å². The van der Waals surface area contributed by atoms with Crippen molar-refractivity contribution in [1.82, 2.24) is 5.32 Å². The van der Waals surface area contributed by atoms with Crippen LogP contribution in [0.15, 0.2) is 11.6 Å². The zero-order valence-electron chi connectivity index (χ0n) is 7.47. The number of hydrogen-bond donors (Lipinski definition) is 1. The second-order valence-electron chi connectivity index (χ2n) is 3.67. The van der Waals surface area contributed by atoms with Gasteiger partial charge in [-0.3, -0.25) is 4.79 Å². The van der Waals surface area contributed by atoms with E-state index in [1.54, 1.807) is 0 Å². The second kappa shape index (κ2) is 3.02. The molecule has 2 heteroatoms. The van der Waals surface area contributed by atoms with Gasteiger partial charge in [-0.05, 0) is 19.3 Å². The number of Topliss-reactive ketones (excluding diaryl/α,β-unsaturated/α-hetero) is 1. The largest absolute Gasteiger partial charge is 0.307 e. The van der Waals surface area contributed by atoms with Crippen LogP contribution in [0.5, 0.6) is 0 Å². The third kappa shape index (κ3) is 1.20. The molecule has 66 valence electrons. The maximum atomic E-state index is 11.4.